The summed E-state index contributed by atoms with van der Waals surface area (Å²) in [5, 5.41) is 12.4. The van der Waals surface area contributed by atoms with Gasteiger partial charge in [-0.3, -0.25) is 10.1 Å². The van der Waals surface area contributed by atoms with Crippen molar-refractivity contribution in [2.75, 3.05) is 13.7 Å². The summed E-state index contributed by atoms with van der Waals surface area (Å²) in [4.78, 5) is 11.1. The van der Waals surface area contributed by atoms with Crippen molar-refractivity contribution in [3.8, 4) is 5.75 Å². The SMILES string of the molecule is COc1cccc(C(C[N+](=O)[O-])c2c(C)n(C)c3ccccc23)c1. The smallest absolute Gasteiger partial charge is 0.214 e. The fourth-order valence-corrected chi connectivity index (χ4v) is 3.36. The minimum atomic E-state index is -0.318. The van der Waals surface area contributed by atoms with Gasteiger partial charge in [-0.2, -0.15) is 0 Å². The molecule has 0 radical (unpaired) electrons. The Labute approximate surface area is 140 Å². The number of hydrogen-bond acceptors (Lipinski definition) is 3. The Morgan fingerprint density at radius 2 is 1.96 bits per heavy atom. The monoisotopic (exact) mass is 324 g/mol. The Balaban J connectivity index is 2.23. The van der Waals surface area contributed by atoms with E-state index in [0.717, 1.165) is 27.7 Å². The Bertz CT molecular complexity index is 899. The zero-order chi connectivity index (χ0) is 17.3. The van der Waals surface area contributed by atoms with E-state index in [1.165, 1.54) is 0 Å². The summed E-state index contributed by atoms with van der Waals surface area (Å²) in [6.07, 6.45) is 0. The maximum Gasteiger partial charge on any atom is 0.214 e. The molecule has 0 saturated heterocycles. The second-order valence-electron chi connectivity index (χ2n) is 5.92. The second kappa shape index (κ2) is 6.35. The third-order valence-corrected chi connectivity index (χ3v) is 4.62. The first-order chi connectivity index (χ1) is 11.5. The Kier molecular flexibility index (Phi) is 4.25. The van der Waals surface area contributed by atoms with Gasteiger partial charge in [-0.05, 0) is 36.2 Å². The van der Waals surface area contributed by atoms with Crippen molar-refractivity contribution in [1.82, 2.24) is 4.57 Å². The fourth-order valence-electron chi connectivity index (χ4n) is 3.36. The molecule has 0 spiro atoms. The molecule has 5 nitrogen and oxygen atoms in total. The quantitative estimate of drug-likeness (QED) is 0.528. The maximum atomic E-state index is 11.3. The number of rotatable bonds is 5. The standard InChI is InChI=1S/C19H20N2O3/c1-13-19(16-9-4-5-10-18(16)20(13)2)17(12-21(22)23)14-7-6-8-15(11-14)24-3/h4-11,17H,12H2,1-3H3. The molecule has 1 unspecified atom stereocenters. The molecule has 5 heteroatoms. The van der Waals surface area contributed by atoms with E-state index in [1.807, 2.05) is 62.5 Å². The lowest BCUT2D eigenvalue weighted by molar-refractivity contribution is -0.481. The van der Waals surface area contributed by atoms with Crippen LogP contribution in [-0.4, -0.2) is 23.1 Å². The summed E-state index contributed by atoms with van der Waals surface area (Å²) in [5.41, 5.74) is 4.04. The summed E-state index contributed by atoms with van der Waals surface area (Å²) >= 11 is 0. The molecule has 1 atom stereocenters. The average molecular weight is 324 g/mol. The van der Waals surface area contributed by atoms with E-state index in [1.54, 1.807) is 7.11 Å². The van der Waals surface area contributed by atoms with Gasteiger partial charge >= 0.3 is 0 Å². The van der Waals surface area contributed by atoms with Gasteiger partial charge in [0.2, 0.25) is 6.54 Å². The number of aryl methyl sites for hydroxylation is 1. The van der Waals surface area contributed by atoms with Gasteiger partial charge in [0.25, 0.3) is 0 Å². The highest BCUT2D eigenvalue weighted by Gasteiger charge is 2.26. The number of ether oxygens (including phenoxy) is 1. The zero-order valence-corrected chi connectivity index (χ0v) is 14.0. The highest BCUT2D eigenvalue weighted by molar-refractivity contribution is 5.86. The molecule has 0 amide bonds. The number of hydrogen-bond donors (Lipinski definition) is 0. The van der Waals surface area contributed by atoms with Crippen LogP contribution in [0.15, 0.2) is 48.5 Å². The van der Waals surface area contributed by atoms with Crippen LogP contribution in [0.5, 0.6) is 5.75 Å². The topological polar surface area (TPSA) is 57.3 Å². The minimum Gasteiger partial charge on any atom is -0.497 e. The van der Waals surface area contributed by atoms with E-state index >= 15 is 0 Å². The van der Waals surface area contributed by atoms with Crippen LogP contribution in [0.4, 0.5) is 0 Å². The molecule has 24 heavy (non-hydrogen) atoms. The van der Waals surface area contributed by atoms with Crippen LogP contribution in [0.2, 0.25) is 0 Å². The predicted octanol–water partition coefficient (Wildman–Crippen LogP) is 3.90. The third-order valence-electron chi connectivity index (χ3n) is 4.62. The molecule has 1 aromatic heterocycles. The lowest BCUT2D eigenvalue weighted by Gasteiger charge is -2.16. The first-order valence-electron chi connectivity index (χ1n) is 7.82. The summed E-state index contributed by atoms with van der Waals surface area (Å²) < 4.78 is 7.39. The van der Waals surface area contributed by atoms with E-state index in [2.05, 4.69) is 4.57 Å². The first kappa shape index (κ1) is 16.1. The van der Waals surface area contributed by atoms with Gasteiger partial charge in [0, 0.05) is 28.6 Å². The van der Waals surface area contributed by atoms with Crippen molar-refractivity contribution in [3.63, 3.8) is 0 Å². The molecular formula is C19H20N2O3. The zero-order valence-electron chi connectivity index (χ0n) is 14.0. The second-order valence-corrected chi connectivity index (χ2v) is 5.92. The molecular weight excluding hydrogens is 304 g/mol. The fraction of sp³-hybridized carbons (Fsp3) is 0.263. The van der Waals surface area contributed by atoms with E-state index in [-0.39, 0.29) is 17.4 Å². The van der Waals surface area contributed by atoms with Crippen molar-refractivity contribution >= 4 is 10.9 Å². The Morgan fingerprint density at radius 1 is 1.21 bits per heavy atom. The lowest BCUT2D eigenvalue weighted by Crippen LogP contribution is -2.15. The highest BCUT2D eigenvalue weighted by Crippen LogP contribution is 2.36. The van der Waals surface area contributed by atoms with Crippen molar-refractivity contribution < 1.29 is 9.66 Å². The molecule has 0 N–H and O–H groups in total. The van der Waals surface area contributed by atoms with Crippen LogP contribution in [0.25, 0.3) is 10.9 Å². The normalized spacial score (nSPS) is 12.3. The van der Waals surface area contributed by atoms with Gasteiger partial charge in [0.15, 0.2) is 0 Å². The summed E-state index contributed by atoms with van der Waals surface area (Å²) in [6.45, 7) is 1.87. The van der Waals surface area contributed by atoms with Gasteiger partial charge in [0.1, 0.15) is 5.75 Å². The number of nitro groups is 1. The molecule has 124 valence electrons. The molecule has 3 aromatic rings. The van der Waals surface area contributed by atoms with Gasteiger partial charge < -0.3 is 9.30 Å². The number of fused-ring (bicyclic) bond motifs is 1. The Hall–Kier alpha value is -2.82. The van der Waals surface area contributed by atoms with E-state index in [0.29, 0.717) is 5.75 Å². The number of nitrogens with zero attached hydrogens (tertiary/aromatic N) is 2. The van der Waals surface area contributed by atoms with Crippen molar-refractivity contribution in [3.05, 3.63) is 75.5 Å². The molecule has 0 saturated carbocycles. The molecule has 1 heterocycles. The third kappa shape index (κ3) is 2.73. The highest BCUT2D eigenvalue weighted by atomic mass is 16.6. The van der Waals surface area contributed by atoms with Crippen molar-refractivity contribution in [2.24, 2.45) is 7.05 Å². The molecule has 0 aliphatic rings. The molecule has 2 aromatic carbocycles. The number of methoxy groups -OCH3 is 1. The largest absolute Gasteiger partial charge is 0.497 e. The molecule has 0 aliphatic carbocycles. The molecule has 0 fully saturated rings. The Morgan fingerprint density at radius 3 is 2.67 bits per heavy atom. The van der Waals surface area contributed by atoms with Crippen LogP contribution in [0, 0.1) is 17.0 Å². The molecule has 0 bridgehead atoms. The lowest BCUT2D eigenvalue weighted by atomic mass is 9.89. The molecule has 0 aliphatic heterocycles. The van der Waals surface area contributed by atoms with Crippen LogP contribution < -0.4 is 4.74 Å². The van der Waals surface area contributed by atoms with Crippen LogP contribution >= 0.6 is 0 Å². The van der Waals surface area contributed by atoms with Crippen LogP contribution in [0.1, 0.15) is 22.7 Å². The maximum absolute atomic E-state index is 11.3. The molecule has 3 rings (SSSR count). The van der Waals surface area contributed by atoms with E-state index in [4.69, 9.17) is 4.74 Å². The average Bonchev–Trinajstić information content (AvgIpc) is 2.84. The summed E-state index contributed by atoms with van der Waals surface area (Å²) in [7, 11) is 3.60. The summed E-state index contributed by atoms with van der Waals surface area (Å²) in [6, 6.07) is 15.6. The van der Waals surface area contributed by atoms with E-state index < -0.39 is 0 Å². The predicted molar refractivity (Wildman–Crippen MR) is 94.4 cm³/mol. The van der Waals surface area contributed by atoms with Gasteiger partial charge in [-0.25, -0.2) is 0 Å². The number of benzene rings is 2. The van der Waals surface area contributed by atoms with Gasteiger partial charge in [-0.1, -0.05) is 30.3 Å². The van der Waals surface area contributed by atoms with Gasteiger partial charge in [-0.15, -0.1) is 0 Å². The van der Waals surface area contributed by atoms with Crippen molar-refractivity contribution in [2.45, 2.75) is 12.8 Å². The minimum absolute atomic E-state index is 0.151. The van der Waals surface area contributed by atoms with Crippen LogP contribution in [0.3, 0.4) is 0 Å². The first-order valence-corrected chi connectivity index (χ1v) is 7.82. The van der Waals surface area contributed by atoms with Gasteiger partial charge in [0.05, 0.1) is 13.0 Å². The van der Waals surface area contributed by atoms with E-state index in [9.17, 15) is 10.1 Å². The van der Waals surface area contributed by atoms with Crippen molar-refractivity contribution in [1.29, 1.82) is 0 Å². The number of para-hydroxylation sites is 1. The summed E-state index contributed by atoms with van der Waals surface area (Å²) in [5.74, 6) is 0.389. The van der Waals surface area contributed by atoms with Crippen LogP contribution in [-0.2, 0) is 7.05 Å². The number of aromatic nitrogens is 1.